The number of carbonyl (C=O) groups excluding carboxylic acids is 2. The first-order valence-corrected chi connectivity index (χ1v) is 23.1. The highest BCUT2D eigenvalue weighted by Gasteiger charge is 2.27. The quantitative estimate of drug-likeness (QED) is 0.0153. The summed E-state index contributed by atoms with van der Waals surface area (Å²) in [5.74, 6) is -1.09. The average molecular weight is 859 g/mol. The zero-order chi connectivity index (χ0) is 44.2. The van der Waals surface area contributed by atoms with Crippen molar-refractivity contribution in [3.63, 3.8) is 0 Å². The standard InChI is InChI=1S/C48H75O11P/c1-3-5-7-9-11-12-13-14-15-16-17-18-19-20-21-22-26-30-34-38-47(52)56-42-46(43-58-60(54,55)57-41-45(51)40-49)59-48(53)39-35-31-27-24-23-25-29-33-37-44(50)36-32-28-10-8-6-4-2/h5-8,11-12,14-15,17-18,20-21,24-25,27-29,32-33,37,44-46,49-51H,3-4,9-10,13,16,19,22-23,26,30-31,34-36,38-43H2,1-2H3,(H,54,55)/b7-5-,8-6-,12-11-,15-14-,18-17-,21-20-,27-24-,29-25-,32-28-,37-33+/t44?,45-,46+/m0/s1. The number of hydrogen-bond acceptors (Lipinski definition) is 10. The van der Waals surface area contributed by atoms with Crippen LogP contribution in [0.15, 0.2) is 122 Å². The summed E-state index contributed by atoms with van der Waals surface area (Å²) >= 11 is 0. The lowest BCUT2D eigenvalue weighted by atomic mass is 10.1. The van der Waals surface area contributed by atoms with Gasteiger partial charge in [-0.15, -0.1) is 0 Å². The van der Waals surface area contributed by atoms with Crippen molar-refractivity contribution in [3.8, 4) is 0 Å². The number of hydrogen-bond donors (Lipinski definition) is 4. The molecule has 4 atom stereocenters. The molecule has 338 valence electrons. The molecule has 11 nitrogen and oxygen atoms in total. The molecule has 60 heavy (non-hydrogen) atoms. The first-order valence-electron chi connectivity index (χ1n) is 21.6. The van der Waals surface area contributed by atoms with Gasteiger partial charge in [0.25, 0.3) is 0 Å². The lowest BCUT2D eigenvalue weighted by Gasteiger charge is -2.20. The van der Waals surface area contributed by atoms with Gasteiger partial charge < -0.3 is 29.7 Å². The molecule has 0 saturated carbocycles. The maximum Gasteiger partial charge on any atom is 0.472 e. The maximum absolute atomic E-state index is 12.6. The number of phosphoric ester groups is 1. The van der Waals surface area contributed by atoms with E-state index >= 15 is 0 Å². The van der Waals surface area contributed by atoms with Crippen molar-refractivity contribution in [3.05, 3.63) is 122 Å². The molecule has 0 aromatic carbocycles. The number of ether oxygens (including phenoxy) is 2. The van der Waals surface area contributed by atoms with Crippen LogP contribution < -0.4 is 0 Å². The van der Waals surface area contributed by atoms with Crippen LogP contribution in [0.2, 0.25) is 0 Å². The largest absolute Gasteiger partial charge is 0.472 e. The molecular weight excluding hydrogens is 783 g/mol. The van der Waals surface area contributed by atoms with Crippen molar-refractivity contribution in [1.29, 1.82) is 0 Å². The molecule has 0 spiro atoms. The van der Waals surface area contributed by atoms with Gasteiger partial charge in [-0.05, 0) is 89.9 Å². The van der Waals surface area contributed by atoms with Crippen LogP contribution in [0.4, 0.5) is 0 Å². The summed E-state index contributed by atoms with van der Waals surface area (Å²) in [5, 5.41) is 28.3. The summed E-state index contributed by atoms with van der Waals surface area (Å²) in [7, 11) is -4.67. The van der Waals surface area contributed by atoms with Gasteiger partial charge in [0.1, 0.15) is 12.7 Å². The topological polar surface area (TPSA) is 169 Å². The van der Waals surface area contributed by atoms with E-state index in [-0.39, 0.29) is 19.4 Å². The normalized spacial score (nSPS) is 15.5. The highest BCUT2D eigenvalue weighted by atomic mass is 31.2. The van der Waals surface area contributed by atoms with E-state index in [0.29, 0.717) is 32.1 Å². The number of carbonyl (C=O) groups is 2. The molecule has 0 rings (SSSR count). The molecule has 0 saturated heterocycles. The van der Waals surface area contributed by atoms with Crippen molar-refractivity contribution in [2.24, 2.45) is 0 Å². The van der Waals surface area contributed by atoms with E-state index in [0.717, 1.165) is 64.2 Å². The second-order valence-electron chi connectivity index (χ2n) is 13.8. The minimum absolute atomic E-state index is 0.0580. The Morgan fingerprint density at radius 3 is 1.65 bits per heavy atom. The van der Waals surface area contributed by atoms with Gasteiger partial charge in [0.05, 0.1) is 25.9 Å². The van der Waals surface area contributed by atoms with Gasteiger partial charge in [-0.25, -0.2) is 4.57 Å². The Morgan fingerprint density at radius 1 is 0.567 bits per heavy atom. The van der Waals surface area contributed by atoms with Crippen molar-refractivity contribution in [1.82, 2.24) is 0 Å². The zero-order valence-electron chi connectivity index (χ0n) is 36.2. The van der Waals surface area contributed by atoms with Gasteiger partial charge in [0, 0.05) is 12.8 Å². The smallest absolute Gasteiger partial charge is 0.462 e. The minimum atomic E-state index is -4.67. The molecule has 0 aromatic rings. The lowest BCUT2D eigenvalue weighted by molar-refractivity contribution is -0.161. The third-order valence-electron chi connectivity index (χ3n) is 8.19. The fourth-order valence-electron chi connectivity index (χ4n) is 4.90. The summed E-state index contributed by atoms with van der Waals surface area (Å²) in [5.41, 5.74) is 0. The summed E-state index contributed by atoms with van der Waals surface area (Å²) in [6.07, 6.45) is 50.6. The molecule has 0 aliphatic rings. The molecule has 0 aromatic heterocycles. The van der Waals surface area contributed by atoms with E-state index < -0.39 is 57.9 Å². The van der Waals surface area contributed by atoms with E-state index in [2.05, 4.69) is 91.3 Å². The van der Waals surface area contributed by atoms with Gasteiger partial charge in [-0.1, -0.05) is 142 Å². The molecule has 2 unspecified atom stereocenters. The van der Waals surface area contributed by atoms with E-state index in [9.17, 15) is 29.3 Å². The Morgan fingerprint density at radius 2 is 1.07 bits per heavy atom. The molecule has 12 heteroatoms. The van der Waals surface area contributed by atoms with Gasteiger partial charge >= 0.3 is 19.8 Å². The number of aliphatic hydroxyl groups is 3. The molecular formula is C48H75O11P. The fourth-order valence-corrected chi connectivity index (χ4v) is 5.69. The summed E-state index contributed by atoms with van der Waals surface area (Å²) in [4.78, 5) is 35.0. The van der Waals surface area contributed by atoms with Crippen LogP contribution in [0.3, 0.4) is 0 Å². The molecule has 4 N–H and O–H groups in total. The van der Waals surface area contributed by atoms with E-state index in [1.807, 2.05) is 42.5 Å². The number of allylic oxidation sites excluding steroid dienone is 18. The predicted molar refractivity (Wildman–Crippen MR) is 243 cm³/mol. The number of phosphoric acid groups is 1. The molecule has 0 fully saturated rings. The molecule has 0 aliphatic heterocycles. The maximum atomic E-state index is 12.6. The third-order valence-corrected chi connectivity index (χ3v) is 9.14. The van der Waals surface area contributed by atoms with Crippen molar-refractivity contribution in [2.75, 3.05) is 26.4 Å². The number of unbranched alkanes of at least 4 members (excludes halogenated alkanes) is 4. The highest BCUT2D eigenvalue weighted by molar-refractivity contribution is 7.47. The van der Waals surface area contributed by atoms with Gasteiger partial charge in [0.15, 0.2) is 6.10 Å². The van der Waals surface area contributed by atoms with Crippen LogP contribution in [-0.2, 0) is 32.7 Å². The van der Waals surface area contributed by atoms with Gasteiger partial charge in [-0.3, -0.25) is 18.6 Å². The minimum Gasteiger partial charge on any atom is -0.462 e. The second kappa shape index (κ2) is 42.0. The van der Waals surface area contributed by atoms with Crippen LogP contribution in [0.5, 0.6) is 0 Å². The van der Waals surface area contributed by atoms with Crippen molar-refractivity contribution in [2.45, 2.75) is 141 Å². The number of rotatable bonds is 38. The second-order valence-corrected chi connectivity index (χ2v) is 15.3. The monoisotopic (exact) mass is 859 g/mol. The Bertz CT molecular complexity index is 1420. The SMILES string of the molecule is CC/C=C\C/C=C\C/C=C\C/C=C\C/C=C\CCCCCC(=O)OC[C@H](COP(=O)(O)OC[C@@H](O)CO)OC(=O)CCC/C=C\C/C=C\C=C\C(O)C/C=C\C/C=C\CC. The van der Waals surface area contributed by atoms with Crippen LogP contribution in [-0.4, -0.2) is 76.9 Å². The Balaban J connectivity index is 4.55. The van der Waals surface area contributed by atoms with Crippen LogP contribution in [0.25, 0.3) is 0 Å². The third kappa shape index (κ3) is 41.1. The average Bonchev–Trinajstić information content (AvgIpc) is 3.23. The molecule has 0 bridgehead atoms. The molecule has 0 amide bonds. The first-order chi connectivity index (χ1) is 29.1. The number of aliphatic hydroxyl groups excluding tert-OH is 3. The van der Waals surface area contributed by atoms with E-state index in [1.54, 1.807) is 6.08 Å². The van der Waals surface area contributed by atoms with Crippen LogP contribution in [0, 0.1) is 0 Å². The fraction of sp³-hybridized carbons (Fsp3) is 0.542. The Kier molecular flexibility index (Phi) is 39.5. The summed E-state index contributed by atoms with van der Waals surface area (Å²) < 4.78 is 32.6. The summed E-state index contributed by atoms with van der Waals surface area (Å²) in [6, 6.07) is 0. The van der Waals surface area contributed by atoms with Crippen LogP contribution >= 0.6 is 7.82 Å². The Labute approximate surface area is 360 Å². The zero-order valence-corrected chi connectivity index (χ0v) is 37.1. The first kappa shape index (κ1) is 56.3. The van der Waals surface area contributed by atoms with Gasteiger partial charge in [0.2, 0.25) is 0 Å². The predicted octanol–water partition coefficient (Wildman–Crippen LogP) is 10.5. The summed E-state index contributed by atoms with van der Waals surface area (Å²) in [6.45, 7) is 1.92. The number of esters is 2. The molecule has 0 aliphatic carbocycles. The highest BCUT2D eigenvalue weighted by Crippen LogP contribution is 2.43. The van der Waals surface area contributed by atoms with Crippen LogP contribution in [0.1, 0.15) is 123 Å². The molecule has 0 radical (unpaired) electrons. The Hall–Kier alpha value is -3.67. The lowest BCUT2D eigenvalue weighted by Crippen LogP contribution is -2.29. The van der Waals surface area contributed by atoms with Gasteiger partial charge in [-0.2, -0.15) is 0 Å². The van der Waals surface area contributed by atoms with Crippen molar-refractivity contribution < 1.29 is 52.9 Å². The molecule has 0 heterocycles. The van der Waals surface area contributed by atoms with E-state index in [1.165, 1.54) is 0 Å². The van der Waals surface area contributed by atoms with E-state index in [4.69, 9.17) is 19.1 Å². The van der Waals surface area contributed by atoms with Crippen molar-refractivity contribution >= 4 is 19.8 Å².